The van der Waals surface area contributed by atoms with Crippen LogP contribution in [0.25, 0.3) is 16.8 Å². The Balaban J connectivity index is 1.62. The molecule has 0 amide bonds. The maximum Gasteiger partial charge on any atom is 0.552 e. The van der Waals surface area contributed by atoms with Crippen LogP contribution in [0.5, 0.6) is 5.75 Å². The summed E-state index contributed by atoms with van der Waals surface area (Å²) in [7, 11) is -0.966. The zero-order chi connectivity index (χ0) is 18.8. The standard InChI is InChI=1S/C21H19BN2O3/c23-12-19(17-2-1-3-21-18(17)6-8-22(26)27-21)20(25)11-14-4-5-16-13-24-9-7-15(16)10-14/h1-10,13,19,26H,11-12,23H2/t19-/m1/s1. The van der Waals surface area contributed by atoms with Crippen molar-refractivity contribution in [1.29, 1.82) is 0 Å². The lowest BCUT2D eigenvalue weighted by molar-refractivity contribution is -0.119. The number of hydrogen-bond acceptors (Lipinski definition) is 5. The lowest BCUT2D eigenvalue weighted by atomic mass is 9.82. The van der Waals surface area contributed by atoms with Gasteiger partial charge in [0.1, 0.15) is 11.5 Å². The summed E-state index contributed by atoms with van der Waals surface area (Å²) in [5.41, 5.74) is 8.54. The molecule has 3 aromatic rings. The lowest BCUT2D eigenvalue weighted by Crippen LogP contribution is -2.26. The minimum absolute atomic E-state index is 0.0545. The molecule has 1 aromatic heterocycles. The molecule has 4 rings (SSSR count). The van der Waals surface area contributed by atoms with Crippen LogP contribution in [-0.4, -0.2) is 29.5 Å². The molecule has 0 radical (unpaired) electrons. The fourth-order valence-electron chi connectivity index (χ4n) is 3.49. The van der Waals surface area contributed by atoms with Gasteiger partial charge in [-0.2, -0.15) is 0 Å². The maximum absolute atomic E-state index is 13.0. The highest BCUT2D eigenvalue weighted by Crippen LogP contribution is 2.32. The van der Waals surface area contributed by atoms with Gasteiger partial charge in [0.05, 0.1) is 5.92 Å². The average molecular weight is 358 g/mol. The lowest BCUT2D eigenvalue weighted by Gasteiger charge is -2.22. The molecule has 6 heteroatoms. The van der Waals surface area contributed by atoms with Gasteiger partial charge in [0.25, 0.3) is 0 Å². The van der Waals surface area contributed by atoms with Crippen molar-refractivity contribution in [3.05, 3.63) is 77.5 Å². The van der Waals surface area contributed by atoms with Crippen molar-refractivity contribution in [3.63, 3.8) is 0 Å². The number of fused-ring (bicyclic) bond motifs is 2. The van der Waals surface area contributed by atoms with Crippen LogP contribution in [-0.2, 0) is 11.2 Å². The molecule has 2 heterocycles. The van der Waals surface area contributed by atoms with Crippen molar-refractivity contribution >= 4 is 29.8 Å². The molecule has 0 saturated carbocycles. The summed E-state index contributed by atoms with van der Waals surface area (Å²) in [6.07, 6.45) is 5.64. The van der Waals surface area contributed by atoms with E-state index < -0.39 is 13.0 Å². The zero-order valence-electron chi connectivity index (χ0n) is 14.7. The monoisotopic (exact) mass is 358 g/mol. The van der Waals surface area contributed by atoms with Crippen LogP contribution in [0.2, 0.25) is 0 Å². The minimum Gasteiger partial charge on any atom is -0.532 e. The molecule has 0 fully saturated rings. The van der Waals surface area contributed by atoms with Gasteiger partial charge in [-0.25, -0.2) is 0 Å². The summed E-state index contributed by atoms with van der Waals surface area (Å²) in [6, 6.07) is 13.4. The van der Waals surface area contributed by atoms with Gasteiger partial charge < -0.3 is 15.4 Å². The Morgan fingerprint density at radius 1 is 1.22 bits per heavy atom. The molecule has 5 nitrogen and oxygen atoms in total. The van der Waals surface area contributed by atoms with Gasteiger partial charge in [-0.1, -0.05) is 36.4 Å². The molecule has 2 aromatic carbocycles. The first-order chi connectivity index (χ1) is 13.2. The number of nitrogens with two attached hydrogens (primary N) is 1. The van der Waals surface area contributed by atoms with Gasteiger partial charge in [-0.3, -0.25) is 9.78 Å². The number of nitrogens with zero attached hydrogens (tertiary/aromatic N) is 1. The van der Waals surface area contributed by atoms with Gasteiger partial charge in [0.15, 0.2) is 0 Å². The largest absolute Gasteiger partial charge is 0.552 e. The second-order valence-electron chi connectivity index (χ2n) is 6.62. The third kappa shape index (κ3) is 3.49. The molecule has 134 valence electrons. The predicted molar refractivity (Wildman–Crippen MR) is 106 cm³/mol. The highest BCUT2D eigenvalue weighted by atomic mass is 16.5. The van der Waals surface area contributed by atoms with E-state index >= 15 is 0 Å². The number of hydrogen-bond donors (Lipinski definition) is 2. The van der Waals surface area contributed by atoms with Crippen molar-refractivity contribution in [2.45, 2.75) is 12.3 Å². The van der Waals surface area contributed by atoms with Crippen LogP contribution >= 0.6 is 0 Å². The summed E-state index contributed by atoms with van der Waals surface area (Å²) < 4.78 is 5.42. The highest BCUT2D eigenvalue weighted by Gasteiger charge is 2.26. The van der Waals surface area contributed by atoms with Crippen LogP contribution in [0.15, 0.2) is 60.8 Å². The van der Waals surface area contributed by atoms with Gasteiger partial charge in [-0.15, -0.1) is 0 Å². The number of pyridine rings is 1. The van der Waals surface area contributed by atoms with Gasteiger partial charge in [0, 0.05) is 36.3 Å². The van der Waals surface area contributed by atoms with Gasteiger partial charge in [-0.05, 0) is 34.6 Å². The summed E-state index contributed by atoms with van der Waals surface area (Å²) >= 11 is 0. The first-order valence-electron chi connectivity index (χ1n) is 8.87. The molecule has 1 aliphatic rings. The van der Waals surface area contributed by atoms with Crippen molar-refractivity contribution in [1.82, 2.24) is 4.98 Å². The van der Waals surface area contributed by atoms with E-state index in [2.05, 4.69) is 4.98 Å². The van der Waals surface area contributed by atoms with Crippen LogP contribution in [0, 0.1) is 0 Å². The molecular formula is C21H19BN2O3. The molecule has 3 N–H and O–H groups in total. The Kier molecular flexibility index (Phi) is 4.75. The number of carbonyl (C=O) groups is 1. The van der Waals surface area contributed by atoms with Crippen LogP contribution in [0.3, 0.4) is 0 Å². The number of aromatic nitrogens is 1. The van der Waals surface area contributed by atoms with Gasteiger partial charge in [0.2, 0.25) is 0 Å². The molecule has 0 bridgehead atoms. The van der Waals surface area contributed by atoms with E-state index in [1.54, 1.807) is 30.5 Å². The Labute approximate surface area is 157 Å². The summed E-state index contributed by atoms with van der Waals surface area (Å²) in [4.78, 5) is 17.1. The van der Waals surface area contributed by atoms with Crippen LogP contribution in [0.1, 0.15) is 22.6 Å². The number of Topliss-reactive ketones (excluding diaryl/α,β-unsaturated/α-hetero) is 1. The Morgan fingerprint density at radius 3 is 2.96 bits per heavy atom. The predicted octanol–water partition coefficient (Wildman–Crippen LogP) is 2.51. The van der Waals surface area contributed by atoms with Gasteiger partial charge >= 0.3 is 7.12 Å². The third-order valence-corrected chi connectivity index (χ3v) is 4.86. The smallest absolute Gasteiger partial charge is 0.532 e. The molecule has 0 spiro atoms. The summed E-state index contributed by atoms with van der Waals surface area (Å²) in [5.74, 6) is 1.74. The SMILES string of the molecule is NC[C@@H](C(=O)Cc1ccc2cnccc2c1)c1cccc2c1C=CB(O)O2. The molecule has 27 heavy (non-hydrogen) atoms. The molecule has 0 saturated heterocycles. The molecule has 1 atom stereocenters. The normalized spacial score (nSPS) is 13.9. The Hall–Kier alpha value is -2.96. The van der Waals surface area contributed by atoms with E-state index in [1.165, 1.54) is 0 Å². The molecule has 0 aliphatic carbocycles. The van der Waals surface area contributed by atoms with E-state index in [9.17, 15) is 9.82 Å². The van der Waals surface area contributed by atoms with Crippen molar-refractivity contribution in [2.24, 2.45) is 5.73 Å². The Bertz CT molecular complexity index is 1030. The van der Waals surface area contributed by atoms with Crippen LogP contribution in [0.4, 0.5) is 0 Å². The summed E-state index contributed by atoms with van der Waals surface area (Å²) in [6.45, 7) is 0.211. The molecule has 0 unspecified atom stereocenters. The molecular weight excluding hydrogens is 339 g/mol. The fourth-order valence-corrected chi connectivity index (χ4v) is 3.49. The van der Waals surface area contributed by atoms with E-state index in [-0.39, 0.29) is 12.3 Å². The van der Waals surface area contributed by atoms with Crippen LogP contribution < -0.4 is 10.4 Å². The first-order valence-corrected chi connectivity index (χ1v) is 8.87. The number of carbonyl (C=O) groups excluding carboxylic acids is 1. The minimum atomic E-state index is -0.966. The number of benzene rings is 2. The number of rotatable bonds is 5. The molecule has 1 aliphatic heterocycles. The van der Waals surface area contributed by atoms with E-state index in [4.69, 9.17) is 10.4 Å². The van der Waals surface area contributed by atoms with E-state index in [0.29, 0.717) is 12.2 Å². The quantitative estimate of drug-likeness (QED) is 0.685. The highest BCUT2D eigenvalue weighted by molar-refractivity contribution is 6.51. The second kappa shape index (κ2) is 7.35. The third-order valence-electron chi connectivity index (χ3n) is 4.86. The van der Waals surface area contributed by atoms with Crippen molar-refractivity contribution < 1.29 is 14.5 Å². The zero-order valence-corrected chi connectivity index (χ0v) is 14.7. The van der Waals surface area contributed by atoms with E-state index in [1.807, 2.05) is 36.4 Å². The second-order valence-corrected chi connectivity index (χ2v) is 6.62. The topological polar surface area (TPSA) is 85.4 Å². The Morgan fingerprint density at radius 2 is 2.11 bits per heavy atom. The fraction of sp³-hybridized carbons (Fsp3) is 0.143. The van der Waals surface area contributed by atoms with E-state index in [0.717, 1.165) is 27.5 Å². The maximum atomic E-state index is 13.0. The number of ketones is 1. The average Bonchev–Trinajstić information content (AvgIpc) is 2.68. The van der Waals surface area contributed by atoms with Crippen molar-refractivity contribution in [2.75, 3.05) is 6.54 Å². The van der Waals surface area contributed by atoms with Crippen molar-refractivity contribution in [3.8, 4) is 5.75 Å². The summed E-state index contributed by atoms with van der Waals surface area (Å²) in [5, 5.41) is 11.7. The first kappa shape index (κ1) is 17.5.